The van der Waals surface area contributed by atoms with E-state index in [9.17, 15) is 14.0 Å². The average Bonchev–Trinajstić information content (AvgIpc) is 3.21. The third kappa shape index (κ3) is 6.15. The van der Waals surface area contributed by atoms with Crippen LogP contribution in [0.5, 0.6) is 11.5 Å². The van der Waals surface area contributed by atoms with E-state index in [0.717, 1.165) is 30.6 Å². The maximum atomic E-state index is 14.6. The molecule has 212 valence electrons. The first-order valence-electron chi connectivity index (χ1n) is 13.1. The second-order valence-corrected chi connectivity index (χ2v) is 11.1. The van der Waals surface area contributed by atoms with E-state index in [1.54, 1.807) is 45.0 Å². The zero-order valence-corrected chi connectivity index (χ0v) is 24.7. The third-order valence-electron chi connectivity index (χ3n) is 6.37. The summed E-state index contributed by atoms with van der Waals surface area (Å²) in [5.41, 5.74) is 0.933. The summed E-state index contributed by atoms with van der Waals surface area (Å²) in [6.45, 7) is 7.88. The van der Waals surface area contributed by atoms with Crippen molar-refractivity contribution >= 4 is 35.0 Å². The van der Waals surface area contributed by atoms with Gasteiger partial charge in [0.25, 0.3) is 5.56 Å². The number of fused-ring (bicyclic) bond motifs is 1. The highest BCUT2D eigenvalue weighted by Gasteiger charge is 2.34. The minimum atomic E-state index is -0.858. The Kier molecular flexibility index (Phi) is 9.48. The predicted octanol–water partition coefficient (Wildman–Crippen LogP) is 5.56. The van der Waals surface area contributed by atoms with E-state index in [0.29, 0.717) is 34.2 Å². The van der Waals surface area contributed by atoms with Crippen molar-refractivity contribution in [2.45, 2.75) is 59.1 Å². The number of esters is 1. The van der Waals surface area contributed by atoms with Crippen molar-refractivity contribution in [1.29, 1.82) is 0 Å². The smallest absolute Gasteiger partial charge is 0.338 e. The van der Waals surface area contributed by atoms with Crippen LogP contribution < -0.4 is 24.4 Å². The third-order valence-corrected chi connectivity index (χ3v) is 7.68. The molecule has 0 amide bonds. The lowest BCUT2D eigenvalue weighted by Gasteiger charge is -2.26. The van der Waals surface area contributed by atoms with Crippen LogP contribution in [0.1, 0.15) is 64.1 Å². The van der Waals surface area contributed by atoms with Crippen LogP contribution in [0.2, 0.25) is 5.02 Å². The van der Waals surface area contributed by atoms with Gasteiger partial charge in [0.1, 0.15) is 5.82 Å². The average molecular weight is 587 g/mol. The van der Waals surface area contributed by atoms with Gasteiger partial charge < -0.3 is 14.2 Å². The first kappa shape index (κ1) is 29.6. The first-order chi connectivity index (χ1) is 19.2. The molecule has 0 bridgehead atoms. The molecule has 1 unspecified atom stereocenters. The van der Waals surface area contributed by atoms with Crippen LogP contribution >= 0.6 is 22.9 Å². The summed E-state index contributed by atoms with van der Waals surface area (Å²) in [7, 11) is 1.54. The highest BCUT2D eigenvalue weighted by molar-refractivity contribution is 7.07. The number of unbranched alkanes of at least 4 members (excludes halogenated alkanes) is 2. The van der Waals surface area contributed by atoms with E-state index < -0.39 is 23.4 Å². The van der Waals surface area contributed by atoms with Gasteiger partial charge in [0.15, 0.2) is 16.3 Å². The molecule has 10 heteroatoms. The van der Waals surface area contributed by atoms with E-state index in [4.69, 9.17) is 25.8 Å². The van der Waals surface area contributed by atoms with E-state index in [-0.39, 0.29) is 26.8 Å². The first-order valence-corrected chi connectivity index (χ1v) is 14.3. The zero-order chi connectivity index (χ0) is 29.0. The van der Waals surface area contributed by atoms with Gasteiger partial charge in [-0.05, 0) is 63.1 Å². The number of thiazole rings is 1. The highest BCUT2D eigenvalue weighted by Crippen LogP contribution is 2.36. The highest BCUT2D eigenvalue weighted by atomic mass is 35.5. The summed E-state index contributed by atoms with van der Waals surface area (Å²) < 4.78 is 33.3. The fourth-order valence-electron chi connectivity index (χ4n) is 4.46. The molecule has 1 aliphatic heterocycles. The number of rotatable bonds is 10. The van der Waals surface area contributed by atoms with Gasteiger partial charge in [0, 0.05) is 5.56 Å². The number of hydrogen-bond donors (Lipinski definition) is 0. The largest absolute Gasteiger partial charge is 0.493 e. The van der Waals surface area contributed by atoms with Crippen LogP contribution in [-0.4, -0.2) is 30.4 Å². The van der Waals surface area contributed by atoms with Gasteiger partial charge in [-0.25, -0.2) is 14.2 Å². The van der Waals surface area contributed by atoms with Crippen molar-refractivity contribution in [3.05, 3.63) is 89.3 Å². The van der Waals surface area contributed by atoms with Gasteiger partial charge in [-0.1, -0.05) is 54.8 Å². The minimum Gasteiger partial charge on any atom is -0.493 e. The molecule has 40 heavy (non-hydrogen) atoms. The summed E-state index contributed by atoms with van der Waals surface area (Å²) >= 11 is 7.32. The van der Waals surface area contributed by atoms with E-state index in [2.05, 4.69) is 11.9 Å². The maximum Gasteiger partial charge on any atom is 0.338 e. The summed E-state index contributed by atoms with van der Waals surface area (Å²) in [6.07, 6.45) is 4.08. The predicted molar refractivity (Wildman–Crippen MR) is 154 cm³/mol. The Morgan fingerprint density at radius 3 is 2.67 bits per heavy atom. The molecule has 0 fully saturated rings. The quantitative estimate of drug-likeness (QED) is 0.230. The van der Waals surface area contributed by atoms with Crippen LogP contribution in [0.4, 0.5) is 4.39 Å². The molecular formula is C30H32ClFN2O5S. The second-order valence-electron chi connectivity index (χ2n) is 9.64. The van der Waals surface area contributed by atoms with Crippen molar-refractivity contribution in [2.75, 3.05) is 13.7 Å². The lowest BCUT2D eigenvalue weighted by Crippen LogP contribution is -2.40. The molecular weight excluding hydrogens is 555 g/mol. The monoisotopic (exact) mass is 586 g/mol. The Labute approximate surface area is 241 Å². The van der Waals surface area contributed by atoms with Gasteiger partial charge in [0.05, 0.1) is 46.7 Å². The van der Waals surface area contributed by atoms with Crippen molar-refractivity contribution in [3.63, 3.8) is 0 Å². The molecule has 1 atom stereocenters. The van der Waals surface area contributed by atoms with Gasteiger partial charge in [0.2, 0.25) is 0 Å². The molecule has 4 rings (SSSR count). The Bertz CT molecular complexity index is 1610. The topological polar surface area (TPSA) is 79.1 Å². The summed E-state index contributed by atoms with van der Waals surface area (Å²) in [6, 6.07) is 8.80. The van der Waals surface area contributed by atoms with E-state index in [1.807, 2.05) is 0 Å². The molecule has 3 aromatic rings. The molecule has 7 nitrogen and oxygen atoms in total. The summed E-state index contributed by atoms with van der Waals surface area (Å²) in [4.78, 5) is 32.1. The SMILES string of the molecule is CCCCCOc1ccc(C2C(C(=O)OC(C)C)=C(C)N=c3sc(=Cc4c(F)cccc4Cl)c(=O)n32)cc1OC. The van der Waals surface area contributed by atoms with E-state index >= 15 is 0 Å². The lowest BCUT2D eigenvalue weighted by molar-refractivity contribution is -0.143. The summed E-state index contributed by atoms with van der Waals surface area (Å²) in [5.74, 6) is -0.0884. The molecule has 0 radical (unpaired) electrons. The summed E-state index contributed by atoms with van der Waals surface area (Å²) in [5, 5.41) is 0.180. The lowest BCUT2D eigenvalue weighted by atomic mass is 9.95. The number of ether oxygens (including phenoxy) is 3. The fourth-order valence-corrected chi connectivity index (χ4v) is 5.71. The number of carbonyl (C=O) groups excluding carboxylic acids is 1. The number of nitrogens with zero attached hydrogens (tertiary/aromatic N) is 2. The van der Waals surface area contributed by atoms with Gasteiger partial charge in [-0.3, -0.25) is 9.36 Å². The van der Waals surface area contributed by atoms with Gasteiger partial charge >= 0.3 is 5.97 Å². The van der Waals surface area contributed by atoms with Crippen molar-refractivity contribution in [2.24, 2.45) is 4.99 Å². The number of halogens is 2. The van der Waals surface area contributed by atoms with Gasteiger partial charge in [-0.15, -0.1) is 0 Å². The second kappa shape index (κ2) is 12.8. The van der Waals surface area contributed by atoms with Crippen LogP contribution in [0.3, 0.4) is 0 Å². The Morgan fingerprint density at radius 1 is 1.23 bits per heavy atom. The van der Waals surface area contributed by atoms with Crippen molar-refractivity contribution < 1.29 is 23.4 Å². The van der Waals surface area contributed by atoms with Crippen LogP contribution in [0.25, 0.3) is 6.08 Å². The number of methoxy groups -OCH3 is 1. The Morgan fingerprint density at radius 2 is 2.00 bits per heavy atom. The van der Waals surface area contributed by atoms with Crippen LogP contribution in [0.15, 0.2) is 57.5 Å². The van der Waals surface area contributed by atoms with Crippen LogP contribution in [-0.2, 0) is 9.53 Å². The normalized spacial score (nSPS) is 15.2. The minimum absolute atomic E-state index is 0.104. The Hall–Kier alpha value is -3.43. The standard InChI is InChI=1S/C30H32ClFN2O5S/c1-6-7-8-14-38-23-13-12-19(15-24(23)37-5)27-26(29(36)39-17(2)3)18(4)33-30-34(27)28(35)25(40-30)16-20-21(31)10-9-11-22(20)32/h9-13,15-17,27H,6-8,14H2,1-5H3. The molecule has 2 heterocycles. The Balaban J connectivity index is 1.89. The molecule has 0 N–H and O–H groups in total. The number of aromatic nitrogens is 1. The molecule has 2 aromatic carbocycles. The molecule has 0 spiro atoms. The van der Waals surface area contributed by atoms with Crippen molar-refractivity contribution in [3.8, 4) is 11.5 Å². The van der Waals surface area contributed by atoms with E-state index in [1.165, 1.54) is 29.9 Å². The molecule has 0 aliphatic carbocycles. The zero-order valence-electron chi connectivity index (χ0n) is 23.1. The maximum absolute atomic E-state index is 14.6. The fraction of sp³-hybridized carbons (Fsp3) is 0.367. The number of hydrogen-bond acceptors (Lipinski definition) is 7. The number of allylic oxidation sites excluding steroid dienone is 1. The molecule has 0 saturated carbocycles. The van der Waals surface area contributed by atoms with Crippen molar-refractivity contribution in [1.82, 2.24) is 4.57 Å². The van der Waals surface area contributed by atoms with Crippen LogP contribution in [0, 0.1) is 5.82 Å². The number of carbonyl (C=O) groups is 1. The molecule has 1 aliphatic rings. The molecule has 0 saturated heterocycles. The molecule has 1 aromatic heterocycles. The number of benzene rings is 2. The van der Waals surface area contributed by atoms with Gasteiger partial charge in [-0.2, -0.15) is 0 Å².